The van der Waals surface area contributed by atoms with E-state index in [1.54, 1.807) is 0 Å². The van der Waals surface area contributed by atoms with Crippen LogP contribution in [-0.2, 0) is 5.66 Å². The third kappa shape index (κ3) is 3.33. The van der Waals surface area contributed by atoms with Crippen molar-refractivity contribution >= 4 is 17.4 Å². The largest absolute Gasteiger partial charge is 0.349 e. The van der Waals surface area contributed by atoms with E-state index >= 15 is 0 Å². The molecule has 1 aromatic rings. The zero-order chi connectivity index (χ0) is 15.4. The van der Waals surface area contributed by atoms with Crippen LogP contribution >= 0.6 is 11.6 Å². The first-order valence-electron chi connectivity index (χ1n) is 7.63. The van der Waals surface area contributed by atoms with Gasteiger partial charge in [0.25, 0.3) is 0 Å². The number of halogens is 1. The minimum Gasteiger partial charge on any atom is -0.349 e. The quantitative estimate of drug-likeness (QED) is 0.787. The second-order valence-corrected chi connectivity index (χ2v) is 6.05. The lowest BCUT2D eigenvalue weighted by atomic mass is 9.98. The molecule has 1 atom stereocenters. The number of hydrogen-bond donors (Lipinski definition) is 3. The molecule has 1 aromatic carbocycles. The molecule has 0 aliphatic carbocycles. The molecule has 118 valence electrons. The third-order valence-electron chi connectivity index (χ3n) is 4.06. The van der Waals surface area contributed by atoms with E-state index in [1.807, 2.05) is 43.5 Å². The van der Waals surface area contributed by atoms with Crippen molar-refractivity contribution < 1.29 is 0 Å². The van der Waals surface area contributed by atoms with Gasteiger partial charge in [-0.25, -0.2) is 4.99 Å². The van der Waals surface area contributed by atoms with Crippen LogP contribution in [-0.4, -0.2) is 43.6 Å². The van der Waals surface area contributed by atoms with Crippen LogP contribution in [0.2, 0.25) is 5.02 Å². The van der Waals surface area contributed by atoms with Gasteiger partial charge < -0.3 is 10.6 Å². The molecule has 2 aliphatic rings. The Morgan fingerprint density at radius 3 is 2.82 bits per heavy atom. The zero-order valence-corrected chi connectivity index (χ0v) is 13.5. The Hall–Kier alpha value is -1.40. The molecule has 3 N–H and O–H groups in total. The van der Waals surface area contributed by atoms with Gasteiger partial charge in [0.2, 0.25) is 0 Å². The Morgan fingerprint density at radius 1 is 1.32 bits per heavy atom. The summed E-state index contributed by atoms with van der Waals surface area (Å²) in [7, 11) is 0. The van der Waals surface area contributed by atoms with E-state index < -0.39 is 5.66 Å². The van der Waals surface area contributed by atoms with E-state index in [4.69, 9.17) is 11.6 Å². The molecular weight excluding hydrogens is 298 g/mol. The average molecular weight is 320 g/mol. The number of rotatable bonds is 4. The Kier molecular flexibility index (Phi) is 4.78. The van der Waals surface area contributed by atoms with Crippen molar-refractivity contribution in [2.45, 2.75) is 12.6 Å². The van der Waals surface area contributed by atoms with E-state index in [1.165, 1.54) is 0 Å². The molecule has 0 aromatic heterocycles. The molecule has 0 amide bonds. The number of amidine groups is 1. The molecule has 1 fully saturated rings. The summed E-state index contributed by atoms with van der Waals surface area (Å²) in [4.78, 5) is 6.69. The van der Waals surface area contributed by atoms with Crippen molar-refractivity contribution in [1.29, 1.82) is 0 Å². The van der Waals surface area contributed by atoms with Crippen molar-refractivity contribution in [2.24, 2.45) is 4.99 Å². The van der Waals surface area contributed by atoms with Crippen LogP contribution in [0.15, 0.2) is 41.5 Å². The molecule has 2 aliphatic heterocycles. The van der Waals surface area contributed by atoms with Crippen molar-refractivity contribution in [1.82, 2.24) is 20.9 Å². The first-order chi connectivity index (χ1) is 10.7. The molecule has 0 saturated carbocycles. The van der Waals surface area contributed by atoms with Gasteiger partial charge in [0, 0.05) is 43.0 Å². The van der Waals surface area contributed by atoms with E-state index in [9.17, 15) is 0 Å². The van der Waals surface area contributed by atoms with Crippen molar-refractivity contribution in [3.63, 3.8) is 0 Å². The fourth-order valence-corrected chi connectivity index (χ4v) is 3.15. The lowest BCUT2D eigenvalue weighted by Crippen LogP contribution is -2.59. The van der Waals surface area contributed by atoms with E-state index in [2.05, 4.69) is 25.8 Å². The molecule has 0 spiro atoms. The Bertz CT molecular complexity index is 580. The molecule has 6 heteroatoms. The topological polar surface area (TPSA) is 51.7 Å². The molecule has 1 saturated heterocycles. The number of aliphatic imine (C=N–C) groups is 1. The molecule has 3 rings (SSSR count). The number of nitrogens with one attached hydrogen (secondary N) is 3. The van der Waals surface area contributed by atoms with Gasteiger partial charge in [0.1, 0.15) is 11.5 Å². The molecule has 5 nitrogen and oxygen atoms in total. The fraction of sp³-hybridized carbons (Fsp3) is 0.438. The monoisotopic (exact) mass is 319 g/mol. The molecule has 1 unspecified atom stereocenters. The van der Waals surface area contributed by atoms with Gasteiger partial charge in [0.05, 0.1) is 6.67 Å². The maximum Gasteiger partial charge on any atom is 0.139 e. The summed E-state index contributed by atoms with van der Waals surface area (Å²) in [5, 5.41) is 11.2. The zero-order valence-electron chi connectivity index (χ0n) is 12.8. The highest BCUT2D eigenvalue weighted by molar-refractivity contribution is 6.31. The van der Waals surface area contributed by atoms with Crippen LogP contribution in [0.25, 0.3) is 0 Å². The van der Waals surface area contributed by atoms with Crippen molar-refractivity contribution in [3.05, 3.63) is 47.1 Å². The van der Waals surface area contributed by atoms with Gasteiger partial charge in [-0.2, -0.15) is 0 Å². The summed E-state index contributed by atoms with van der Waals surface area (Å²) >= 11 is 6.44. The summed E-state index contributed by atoms with van der Waals surface area (Å²) in [6.45, 7) is 6.90. The molecule has 0 radical (unpaired) electrons. The van der Waals surface area contributed by atoms with Gasteiger partial charge in [-0.3, -0.25) is 10.2 Å². The van der Waals surface area contributed by atoms with Gasteiger partial charge in [-0.05, 0) is 19.1 Å². The van der Waals surface area contributed by atoms with Gasteiger partial charge >= 0.3 is 0 Å². The predicted molar refractivity (Wildman–Crippen MR) is 91.0 cm³/mol. The Balaban J connectivity index is 1.82. The van der Waals surface area contributed by atoms with Crippen molar-refractivity contribution in [2.75, 3.05) is 32.8 Å². The summed E-state index contributed by atoms with van der Waals surface area (Å²) in [6, 6.07) is 7.92. The Morgan fingerprint density at radius 2 is 2.09 bits per heavy atom. The molecular formula is C16H22ClN5. The van der Waals surface area contributed by atoms with Gasteiger partial charge in [-0.1, -0.05) is 29.8 Å². The molecule has 0 bridgehead atoms. The van der Waals surface area contributed by atoms with Gasteiger partial charge in [0.15, 0.2) is 0 Å². The van der Waals surface area contributed by atoms with E-state index in [0.29, 0.717) is 0 Å². The second-order valence-electron chi connectivity index (χ2n) is 5.65. The first-order valence-corrected chi connectivity index (χ1v) is 8.01. The lowest BCUT2D eigenvalue weighted by molar-refractivity contribution is 0.192. The van der Waals surface area contributed by atoms with Crippen LogP contribution in [0.4, 0.5) is 0 Å². The SMILES string of the molecule is CC1=NC=CC(NCN2CCNCC2)(c2ccccc2Cl)N1. The first kappa shape index (κ1) is 15.5. The van der Waals surface area contributed by atoms with Crippen LogP contribution in [0.1, 0.15) is 12.5 Å². The number of benzene rings is 1. The van der Waals surface area contributed by atoms with Crippen LogP contribution in [0.5, 0.6) is 0 Å². The predicted octanol–water partition coefficient (Wildman–Crippen LogP) is 1.48. The number of piperazine rings is 1. The minimum atomic E-state index is -0.519. The van der Waals surface area contributed by atoms with E-state index in [0.717, 1.165) is 49.3 Å². The maximum atomic E-state index is 6.44. The smallest absolute Gasteiger partial charge is 0.139 e. The fourth-order valence-electron chi connectivity index (χ4n) is 2.86. The maximum absolute atomic E-state index is 6.44. The van der Waals surface area contributed by atoms with Crippen LogP contribution in [0.3, 0.4) is 0 Å². The summed E-state index contributed by atoms with van der Waals surface area (Å²) in [5.41, 5.74) is 0.493. The summed E-state index contributed by atoms with van der Waals surface area (Å²) in [6.07, 6.45) is 3.86. The third-order valence-corrected chi connectivity index (χ3v) is 4.39. The normalized spacial score (nSPS) is 25.6. The average Bonchev–Trinajstić information content (AvgIpc) is 2.54. The number of hydrogen-bond acceptors (Lipinski definition) is 5. The molecule has 2 heterocycles. The Labute approximate surface area is 136 Å². The summed E-state index contributed by atoms with van der Waals surface area (Å²) in [5.74, 6) is 0.871. The van der Waals surface area contributed by atoms with E-state index in [-0.39, 0.29) is 0 Å². The number of nitrogens with zero attached hydrogens (tertiary/aromatic N) is 2. The highest BCUT2D eigenvalue weighted by atomic mass is 35.5. The minimum absolute atomic E-state index is 0.519. The standard InChI is InChI=1S/C16H22ClN5/c1-13-19-7-6-16(21-13,14-4-2-3-5-15(14)17)20-12-22-10-8-18-9-11-22/h2-7,18,20H,8-12H2,1H3,(H,19,21). The highest BCUT2D eigenvalue weighted by Gasteiger charge is 2.33. The van der Waals surface area contributed by atoms with Gasteiger partial charge in [-0.15, -0.1) is 0 Å². The highest BCUT2D eigenvalue weighted by Crippen LogP contribution is 2.29. The summed E-state index contributed by atoms with van der Waals surface area (Å²) < 4.78 is 0. The lowest BCUT2D eigenvalue weighted by Gasteiger charge is -2.39. The second kappa shape index (κ2) is 6.79. The van der Waals surface area contributed by atoms with Crippen LogP contribution in [0, 0.1) is 0 Å². The van der Waals surface area contributed by atoms with Crippen LogP contribution < -0.4 is 16.0 Å². The van der Waals surface area contributed by atoms with Crippen molar-refractivity contribution in [3.8, 4) is 0 Å². The molecule has 22 heavy (non-hydrogen) atoms.